The molecule has 1 aromatic heterocycles. The molecule has 2 N–H and O–H groups in total. The monoisotopic (exact) mass is 546 g/mol. The number of aromatic nitrogens is 2. The summed E-state index contributed by atoms with van der Waals surface area (Å²) in [5, 5.41) is 10.0. The van der Waals surface area contributed by atoms with E-state index in [0.717, 1.165) is 0 Å². The van der Waals surface area contributed by atoms with Gasteiger partial charge in [0.05, 0.1) is 17.5 Å². The highest BCUT2D eigenvalue weighted by Gasteiger charge is 2.65. The van der Waals surface area contributed by atoms with Gasteiger partial charge in [-0.2, -0.15) is 12.6 Å². The van der Waals surface area contributed by atoms with Crippen LogP contribution in [-0.4, -0.2) is 61.9 Å². The fraction of sp³-hybridized carbons (Fsp3) is 0.826. The standard InChI is InChI=1S/C23H42N2O7SSi2/c1-14(2)34(15(3)4)29-13-18-20(31-35(32-34,16(5)6)17(7)8)23(33,10-12-26)21(30-18)25-11-9-19(27)24-22(25)28/h9,11,14-18,20-21,26,33H,10,12-13H2,1-8H3,(H,24,27,28)/t18-,20-,21-,23-/m1/s1. The van der Waals surface area contributed by atoms with E-state index in [9.17, 15) is 14.7 Å². The average molecular weight is 547 g/mol. The van der Waals surface area contributed by atoms with Gasteiger partial charge in [0, 0.05) is 18.9 Å². The van der Waals surface area contributed by atoms with Crippen LogP contribution in [0.15, 0.2) is 21.9 Å². The summed E-state index contributed by atoms with van der Waals surface area (Å²) in [4.78, 5) is 26.7. The van der Waals surface area contributed by atoms with Gasteiger partial charge < -0.3 is 22.8 Å². The molecule has 4 atom stereocenters. The highest BCUT2D eigenvalue weighted by molar-refractivity contribution is 7.82. The molecule has 12 heteroatoms. The molecule has 0 aromatic carbocycles. The predicted molar refractivity (Wildman–Crippen MR) is 142 cm³/mol. The topological polar surface area (TPSA) is 112 Å². The van der Waals surface area contributed by atoms with E-state index in [4.69, 9.17) is 30.3 Å². The quantitative estimate of drug-likeness (QED) is 0.355. The maximum atomic E-state index is 12.7. The van der Waals surface area contributed by atoms with Gasteiger partial charge in [0.1, 0.15) is 6.10 Å². The summed E-state index contributed by atoms with van der Waals surface area (Å²) in [6, 6.07) is 1.27. The van der Waals surface area contributed by atoms with Crippen molar-refractivity contribution in [3.63, 3.8) is 0 Å². The van der Waals surface area contributed by atoms with Crippen molar-refractivity contribution in [2.24, 2.45) is 0 Å². The van der Waals surface area contributed by atoms with E-state index in [1.807, 2.05) is 0 Å². The van der Waals surface area contributed by atoms with E-state index in [0.29, 0.717) is 0 Å². The number of aromatic amines is 1. The van der Waals surface area contributed by atoms with E-state index in [1.165, 1.54) is 16.8 Å². The van der Waals surface area contributed by atoms with Gasteiger partial charge in [-0.25, -0.2) is 4.79 Å². The molecule has 0 spiro atoms. The Morgan fingerprint density at radius 2 is 1.66 bits per heavy atom. The van der Waals surface area contributed by atoms with E-state index in [2.05, 4.69) is 60.4 Å². The van der Waals surface area contributed by atoms with E-state index < -0.39 is 51.6 Å². The van der Waals surface area contributed by atoms with Gasteiger partial charge >= 0.3 is 22.8 Å². The van der Waals surface area contributed by atoms with E-state index in [-0.39, 0.29) is 41.8 Å². The van der Waals surface area contributed by atoms with E-state index in [1.54, 1.807) is 0 Å². The van der Waals surface area contributed by atoms with Crippen LogP contribution in [-0.2, 0) is 17.7 Å². The normalized spacial score (nSPS) is 30.6. The number of nitrogens with one attached hydrogen (secondary N) is 1. The van der Waals surface area contributed by atoms with Gasteiger partial charge in [0.25, 0.3) is 5.56 Å². The lowest BCUT2D eigenvalue weighted by Gasteiger charge is -2.52. The molecule has 3 heterocycles. The Balaban J connectivity index is 2.20. The molecule has 2 fully saturated rings. The largest absolute Gasteiger partial charge is 0.414 e. The Morgan fingerprint density at radius 3 is 2.14 bits per heavy atom. The maximum absolute atomic E-state index is 12.7. The molecular formula is C23H42N2O7SSi2. The van der Waals surface area contributed by atoms with Crippen LogP contribution in [0.3, 0.4) is 0 Å². The molecule has 2 saturated heterocycles. The Labute approximate surface area is 215 Å². The SMILES string of the molecule is CC(C)[Si]1(C(C)C)OC[C@H]2O[C@@H](n3ccc(=O)[nH]c3=O)[C@@](S)(CCO)[C@@H]2O[Si](C(C)C)(C(C)C)O1. The third-order valence-electron chi connectivity index (χ3n) is 7.50. The molecule has 0 amide bonds. The van der Waals surface area contributed by atoms with Crippen LogP contribution >= 0.6 is 12.6 Å². The lowest BCUT2D eigenvalue weighted by molar-refractivity contribution is -0.0571. The average Bonchev–Trinajstić information content (AvgIpc) is 2.98. The summed E-state index contributed by atoms with van der Waals surface area (Å²) < 4.78 is 27.9. The van der Waals surface area contributed by atoms with Crippen LogP contribution in [0, 0.1) is 0 Å². The van der Waals surface area contributed by atoms with Crippen LogP contribution in [0.4, 0.5) is 0 Å². The molecular weight excluding hydrogens is 504 g/mol. The zero-order valence-electron chi connectivity index (χ0n) is 22.1. The molecule has 2 aliphatic heterocycles. The van der Waals surface area contributed by atoms with Crippen molar-refractivity contribution >= 4 is 29.8 Å². The summed E-state index contributed by atoms with van der Waals surface area (Å²) in [5.41, 5.74) is -0.513. The van der Waals surface area contributed by atoms with Gasteiger partial charge in [0.15, 0.2) is 6.23 Å². The summed E-state index contributed by atoms with van der Waals surface area (Å²) in [6.07, 6.45) is -0.378. The zero-order valence-corrected chi connectivity index (χ0v) is 25.0. The van der Waals surface area contributed by atoms with Crippen LogP contribution in [0.25, 0.3) is 0 Å². The summed E-state index contributed by atoms with van der Waals surface area (Å²) >= 11 is 5.05. The third-order valence-corrected chi connectivity index (χ3v) is 18.4. The molecule has 200 valence electrons. The second-order valence-electron chi connectivity index (χ2n) is 11.0. The minimum absolute atomic E-state index is 0.107. The van der Waals surface area contributed by atoms with Gasteiger partial charge in [-0.05, 0) is 28.6 Å². The van der Waals surface area contributed by atoms with E-state index >= 15 is 0 Å². The Morgan fingerprint density at radius 1 is 1.09 bits per heavy atom. The van der Waals surface area contributed by atoms with Gasteiger partial charge in [-0.15, -0.1) is 0 Å². The smallest absolute Gasteiger partial charge is 0.335 e. The number of rotatable bonds is 7. The highest BCUT2D eigenvalue weighted by Crippen LogP contribution is 2.53. The van der Waals surface area contributed by atoms with Crippen LogP contribution in [0.1, 0.15) is 68.0 Å². The number of nitrogens with zero attached hydrogens (tertiary/aromatic N) is 1. The van der Waals surface area contributed by atoms with Crippen molar-refractivity contribution in [1.82, 2.24) is 9.55 Å². The number of ether oxygens (including phenoxy) is 1. The van der Waals surface area contributed by atoms with Crippen molar-refractivity contribution in [2.45, 2.75) is 107 Å². The molecule has 0 aliphatic carbocycles. The summed E-state index contributed by atoms with van der Waals surface area (Å²) in [7, 11) is -5.72. The lowest BCUT2D eigenvalue weighted by Crippen LogP contribution is -2.66. The van der Waals surface area contributed by atoms with Crippen LogP contribution in [0.2, 0.25) is 22.2 Å². The fourth-order valence-corrected chi connectivity index (χ4v) is 17.5. The first-order valence-corrected chi connectivity index (χ1v) is 17.0. The van der Waals surface area contributed by atoms with Crippen LogP contribution < -0.4 is 11.2 Å². The summed E-state index contributed by atoms with van der Waals surface area (Å²) in [6.45, 7) is 17.2. The molecule has 0 unspecified atom stereocenters. The minimum atomic E-state index is -2.96. The first kappa shape index (κ1) is 28.8. The number of hydrogen-bond acceptors (Lipinski definition) is 8. The first-order valence-electron chi connectivity index (χ1n) is 12.6. The molecule has 0 bridgehead atoms. The van der Waals surface area contributed by atoms with Gasteiger partial charge in [-0.1, -0.05) is 55.4 Å². The first-order chi connectivity index (χ1) is 16.2. The Bertz CT molecular complexity index is 983. The van der Waals surface area contributed by atoms with Gasteiger partial charge in [-0.3, -0.25) is 14.3 Å². The molecule has 1 aromatic rings. The van der Waals surface area contributed by atoms with Crippen molar-refractivity contribution in [2.75, 3.05) is 13.2 Å². The molecule has 35 heavy (non-hydrogen) atoms. The Hall–Kier alpha value is -0.736. The lowest BCUT2D eigenvalue weighted by atomic mass is 9.95. The molecule has 0 radical (unpaired) electrons. The highest BCUT2D eigenvalue weighted by atomic mass is 32.1. The third kappa shape index (κ3) is 4.92. The number of thiol groups is 1. The van der Waals surface area contributed by atoms with Crippen molar-refractivity contribution in [3.05, 3.63) is 33.1 Å². The number of aliphatic hydroxyl groups is 1. The van der Waals surface area contributed by atoms with Crippen molar-refractivity contribution in [1.29, 1.82) is 0 Å². The summed E-state index contributed by atoms with van der Waals surface area (Å²) in [5.74, 6) is 0. The van der Waals surface area contributed by atoms with Crippen LogP contribution in [0.5, 0.6) is 0 Å². The fourth-order valence-electron chi connectivity index (χ4n) is 5.61. The number of fused-ring (bicyclic) bond motifs is 1. The predicted octanol–water partition coefficient (Wildman–Crippen LogP) is 3.44. The molecule has 9 nitrogen and oxygen atoms in total. The minimum Gasteiger partial charge on any atom is -0.414 e. The number of aliphatic hydroxyl groups excluding tert-OH is 1. The second-order valence-corrected chi connectivity index (χ2v) is 20.7. The molecule has 0 saturated carbocycles. The van der Waals surface area contributed by atoms with Gasteiger partial charge in [0.2, 0.25) is 0 Å². The molecule has 2 aliphatic rings. The number of H-pyrrole nitrogens is 1. The maximum Gasteiger partial charge on any atom is 0.335 e. The Kier molecular flexibility index (Phi) is 8.70. The number of hydrogen-bond donors (Lipinski definition) is 3. The molecule has 3 rings (SSSR count). The van der Waals surface area contributed by atoms with Crippen molar-refractivity contribution in [3.8, 4) is 0 Å². The zero-order chi connectivity index (χ0) is 26.3. The second kappa shape index (κ2) is 10.6. The van der Waals surface area contributed by atoms with Crippen molar-refractivity contribution < 1.29 is 22.8 Å².